The zero-order chi connectivity index (χ0) is 13.3. The lowest BCUT2D eigenvalue weighted by Crippen LogP contribution is -2.11. The molecule has 1 aromatic carbocycles. The van der Waals surface area contributed by atoms with Crippen LogP contribution >= 0.6 is 0 Å². The third-order valence-electron chi connectivity index (χ3n) is 1.77. The van der Waals surface area contributed by atoms with Gasteiger partial charge >= 0.3 is 7.69 Å². The van der Waals surface area contributed by atoms with Gasteiger partial charge in [0.2, 0.25) is 0 Å². The molecule has 0 aliphatic rings. The van der Waals surface area contributed by atoms with Crippen LogP contribution in [0.1, 0.15) is 12.5 Å². The average Bonchev–Trinajstić information content (AvgIpc) is 2.30. The van der Waals surface area contributed by atoms with Crippen LogP contribution in [0.4, 0.5) is 5.69 Å². The Morgan fingerprint density at radius 3 is 2.53 bits per heavy atom. The van der Waals surface area contributed by atoms with Crippen molar-refractivity contribution < 1.29 is 14.8 Å². The van der Waals surface area contributed by atoms with Gasteiger partial charge in [-0.15, -0.1) is 0 Å². The van der Waals surface area contributed by atoms with Crippen molar-refractivity contribution in [1.82, 2.24) is 0 Å². The van der Waals surface area contributed by atoms with Crippen molar-refractivity contribution in [2.45, 2.75) is 6.92 Å². The largest absolute Gasteiger partial charge is 0.482 e. The van der Waals surface area contributed by atoms with Crippen LogP contribution in [0.25, 0.3) is 6.08 Å². The molecule has 89 valence electrons. The predicted molar refractivity (Wildman–Crippen MR) is 70.2 cm³/mol. The minimum atomic E-state index is -0.161. The Balaban J connectivity index is 0.000000770. The molecule has 1 rings (SSSR count). The van der Waals surface area contributed by atoms with Crippen LogP contribution in [-0.2, 0) is 4.79 Å². The van der Waals surface area contributed by atoms with Gasteiger partial charge in [0.05, 0.1) is 0 Å². The van der Waals surface area contributed by atoms with Gasteiger partial charge in [0.25, 0.3) is 5.91 Å². The second-order valence-corrected chi connectivity index (χ2v) is 3.18. The summed E-state index contributed by atoms with van der Waals surface area (Å²) in [6.07, 6.45) is 1.73. The van der Waals surface area contributed by atoms with E-state index in [9.17, 15) is 4.79 Å². The maximum Gasteiger partial charge on any atom is 0.482 e. The van der Waals surface area contributed by atoms with Crippen LogP contribution in [0, 0.1) is 0 Å². The Labute approximate surface area is 102 Å². The molecule has 0 bridgehead atoms. The Morgan fingerprint density at radius 1 is 1.47 bits per heavy atom. The molecule has 0 fully saturated rings. The van der Waals surface area contributed by atoms with E-state index < -0.39 is 0 Å². The lowest BCUT2D eigenvalue weighted by atomic mass is 10.2. The van der Waals surface area contributed by atoms with E-state index in [1.807, 2.05) is 24.3 Å². The second kappa shape index (κ2) is 8.32. The van der Waals surface area contributed by atoms with E-state index in [2.05, 4.69) is 18.5 Å². The first-order valence-corrected chi connectivity index (χ1v) is 4.84. The molecular formula is C12H15BNO3. The highest BCUT2D eigenvalue weighted by Gasteiger charge is 2.01. The van der Waals surface area contributed by atoms with E-state index in [0.29, 0.717) is 5.57 Å². The maximum atomic E-state index is 11.3. The zero-order valence-corrected chi connectivity index (χ0v) is 9.68. The third-order valence-corrected chi connectivity index (χ3v) is 1.77. The molecule has 0 spiro atoms. The van der Waals surface area contributed by atoms with Crippen LogP contribution in [0.5, 0.6) is 0 Å². The first-order valence-electron chi connectivity index (χ1n) is 4.84. The molecular weight excluding hydrogens is 217 g/mol. The van der Waals surface area contributed by atoms with E-state index in [-0.39, 0.29) is 13.6 Å². The molecule has 0 atom stereocenters. The van der Waals surface area contributed by atoms with Crippen LogP contribution in [0.15, 0.2) is 43.0 Å². The second-order valence-electron chi connectivity index (χ2n) is 3.18. The van der Waals surface area contributed by atoms with Gasteiger partial charge in [-0.05, 0) is 24.6 Å². The van der Waals surface area contributed by atoms with Crippen LogP contribution in [-0.4, -0.2) is 23.6 Å². The lowest BCUT2D eigenvalue weighted by molar-refractivity contribution is -0.112. The standard InChI is InChI=1S/C12H13NO.BH2O2/c1-4-10-6-5-7-11(8-10)13-12(14)9(2)3;2-1-3/h4-8H,1-2H2,3H3,(H,13,14);2-3H. The summed E-state index contributed by atoms with van der Waals surface area (Å²) in [5, 5.41) is 16.7. The number of anilines is 1. The molecule has 4 nitrogen and oxygen atoms in total. The molecule has 0 saturated heterocycles. The van der Waals surface area contributed by atoms with Crippen molar-refractivity contribution in [3.05, 3.63) is 48.6 Å². The fourth-order valence-corrected chi connectivity index (χ4v) is 0.981. The molecule has 0 unspecified atom stereocenters. The Morgan fingerprint density at radius 2 is 2.06 bits per heavy atom. The lowest BCUT2D eigenvalue weighted by Gasteiger charge is -2.04. The normalized spacial score (nSPS) is 8.41. The van der Waals surface area contributed by atoms with Crippen molar-refractivity contribution in [3.63, 3.8) is 0 Å². The SMILES string of the molecule is C=Cc1cccc(NC(=O)C(=C)C)c1.O[B]O. The molecule has 0 aliphatic carbocycles. The summed E-state index contributed by atoms with van der Waals surface area (Å²) >= 11 is 0. The highest BCUT2D eigenvalue weighted by Crippen LogP contribution is 2.11. The van der Waals surface area contributed by atoms with Crippen LogP contribution < -0.4 is 5.32 Å². The highest BCUT2D eigenvalue weighted by atomic mass is 16.4. The van der Waals surface area contributed by atoms with Crippen LogP contribution in [0.2, 0.25) is 0 Å². The van der Waals surface area contributed by atoms with Crippen molar-refractivity contribution in [1.29, 1.82) is 0 Å². The Kier molecular flexibility index (Phi) is 7.42. The van der Waals surface area contributed by atoms with Crippen molar-refractivity contribution in [3.8, 4) is 0 Å². The van der Waals surface area contributed by atoms with Crippen molar-refractivity contribution >= 4 is 25.4 Å². The van der Waals surface area contributed by atoms with Gasteiger partial charge in [0.15, 0.2) is 0 Å². The summed E-state index contributed by atoms with van der Waals surface area (Å²) in [6.45, 7) is 8.89. The molecule has 0 aliphatic heterocycles. The van der Waals surface area contributed by atoms with Crippen molar-refractivity contribution in [2.24, 2.45) is 0 Å². The van der Waals surface area contributed by atoms with Gasteiger partial charge in [-0.3, -0.25) is 4.79 Å². The van der Waals surface area contributed by atoms with Gasteiger partial charge in [-0.2, -0.15) is 0 Å². The van der Waals surface area contributed by atoms with Gasteiger partial charge in [0.1, 0.15) is 0 Å². The van der Waals surface area contributed by atoms with Crippen molar-refractivity contribution in [2.75, 3.05) is 5.32 Å². The Bertz CT molecular complexity index is 404. The number of benzene rings is 1. The number of nitrogens with one attached hydrogen (secondary N) is 1. The maximum absolute atomic E-state index is 11.3. The molecule has 0 saturated carbocycles. The van der Waals surface area contributed by atoms with Gasteiger partial charge < -0.3 is 15.4 Å². The molecule has 1 amide bonds. The number of hydrogen-bond acceptors (Lipinski definition) is 3. The molecule has 3 N–H and O–H groups in total. The third kappa shape index (κ3) is 6.34. The number of amides is 1. The van der Waals surface area contributed by atoms with E-state index in [4.69, 9.17) is 10.0 Å². The van der Waals surface area contributed by atoms with E-state index in [1.165, 1.54) is 0 Å². The molecule has 1 radical (unpaired) electrons. The number of hydrogen-bond donors (Lipinski definition) is 3. The average molecular weight is 232 g/mol. The van der Waals surface area contributed by atoms with Gasteiger partial charge in [0, 0.05) is 11.3 Å². The molecule has 17 heavy (non-hydrogen) atoms. The smallest absolute Gasteiger partial charge is 0.429 e. The summed E-state index contributed by atoms with van der Waals surface area (Å²) < 4.78 is 0. The minimum Gasteiger partial charge on any atom is -0.429 e. The topological polar surface area (TPSA) is 69.6 Å². The van der Waals surface area contributed by atoms with Crippen LogP contribution in [0.3, 0.4) is 0 Å². The number of rotatable bonds is 3. The molecule has 0 heterocycles. The number of carbonyl (C=O) groups is 1. The number of carbonyl (C=O) groups excluding carboxylic acids is 1. The molecule has 0 aromatic heterocycles. The fraction of sp³-hybridized carbons (Fsp3) is 0.0833. The van der Waals surface area contributed by atoms with E-state index in [1.54, 1.807) is 13.0 Å². The summed E-state index contributed by atoms with van der Waals surface area (Å²) in [5.41, 5.74) is 2.23. The van der Waals surface area contributed by atoms with Gasteiger partial charge in [-0.25, -0.2) is 0 Å². The molecule has 5 heteroatoms. The molecule has 1 aromatic rings. The first kappa shape index (κ1) is 15.2. The summed E-state index contributed by atoms with van der Waals surface area (Å²) in [6, 6.07) is 7.47. The summed E-state index contributed by atoms with van der Waals surface area (Å²) in [7, 11) is 0. The summed E-state index contributed by atoms with van der Waals surface area (Å²) in [4.78, 5) is 11.3. The van der Waals surface area contributed by atoms with E-state index in [0.717, 1.165) is 11.3 Å². The Hall–Kier alpha value is -1.85. The van der Waals surface area contributed by atoms with E-state index >= 15 is 0 Å². The zero-order valence-electron chi connectivity index (χ0n) is 9.68. The summed E-state index contributed by atoms with van der Waals surface area (Å²) in [5.74, 6) is -0.161. The highest BCUT2D eigenvalue weighted by molar-refractivity contribution is 6.13. The fourth-order valence-electron chi connectivity index (χ4n) is 0.981. The minimum absolute atomic E-state index is 0. The van der Waals surface area contributed by atoms with Gasteiger partial charge in [-0.1, -0.05) is 31.4 Å². The quantitative estimate of drug-likeness (QED) is 0.544. The monoisotopic (exact) mass is 232 g/mol. The first-order chi connectivity index (χ1) is 8.04. The predicted octanol–water partition coefficient (Wildman–Crippen LogP) is 1.35.